The van der Waals surface area contributed by atoms with Crippen LogP contribution in [0.15, 0.2) is 22.7 Å². The van der Waals surface area contributed by atoms with Crippen LogP contribution >= 0.6 is 15.9 Å². The number of halogens is 4. The Bertz CT molecular complexity index is 377. The highest BCUT2D eigenvalue weighted by molar-refractivity contribution is 9.10. The molecule has 0 saturated heterocycles. The van der Waals surface area contributed by atoms with E-state index < -0.39 is 12.6 Å². The van der Waals surface area contributed by atoms with Gasteiger partial charge in [0.2, 0.25) is 0 Å². The van der Waals surface area contributed by atoms with Gasteiger partial charge in [-0.25, -0.2) is 0 Å². The van der Waals surface area contributed by atoms with Crippen LogP contribution in [-0.2, 0) is 0 Å². The summed E-state index contributed by atoms with van der Waals surface area (Å²) >= 11 is 3.33. The molecule has 0 spiro atoms. The monoisotopic (exact) mass is 309 g/mol. The number of hydrogen-bond acceptors (Lipinski definition) is 1. The maximum absolute atomic E-state index is 12.0. The molecule has 0 saturated carbocycles. The second-order valence-corrected chi connectivity index (χ2v) is 5.03. The molecule has 0 aromatic heterocycles. The third kappa shape index (κ3) is 5.08. The summed E-state index contributed by atoms with van der Waals surface area (Å²) in [7, 11) is 0. The van der Waals surface area contributed by atoms with Crippen LogP contribution in [0.25, 0.3) is 0 Å². The first-order valence-electron chi connectivity index (χ1n) is 5.38. The Morgan fingerprint density at radius 1 is 1.35 bits per heavy atom. The largest absolute Gasteiger partial charge is 0.389 e. The third-order valence-electron chi connectivity index (χ3n) is 2.62. The molecule has 1 rings (SSSR count). The van der Waals surface area contributed by atoms with Crippen LogP contribution in [0.4, 0.5) is 13.2 Å². The molecule has 0 amide bonds. The average Bonchev–Trinajstić information content (AvgIpc) is 2.19. The molecule has 1 aromatic rings. The molecule has 0 radical (unpaired) electrons. The summed E-state index contributed by atoms with van der Waals surface area (Å²) in [5.74, 6) is 0. The van der Waals surface area contributed by atoms with E-state index >= 15 is 0 Å². The lowest BCUT2D eigenvalue weighted by Crippen LogP contribution is -2.14. The van der Waals surface area contributed by atoms with Crippen LogP contribution in [0.2, 0.25) is 0 Å². The minimum absolute atomic E-state index is 0.0661. The highest BCUT2D eigenvalue weighted by Crippen LogP contribution is 2.27. The standard InChI is InChI=1S/C12H15BrF3N/c1-8-4-5-9(13)7-10(8)11(17)3-2-6-12(14,15)16/h4-5,7,11H,2-3,6,17H2,1H3. The fourth-order valence-corrected chi connectivity index (χ4v) is 2.07. The first-order valence-corrected chi connectivity index (χ1v) is 6.17. The molecular weight excluding hydrogens is 295 g/mol. The van der Waals surface area contributed by atoms with Gasteiger partial charge in [-0.3, -0.25) is 0 Å². The second-order valence-electron chi connectivity index (χ2n) is 4.11. The van der Waals surface area contributed by atoms with Gasteiger partial charge in [0.1, 0.15) is 0 Å². The van der Waals surface area contributed by atoms with Crippen molar-refractivity contribution in [2.45, 2.75) is 38.4 Å². The Balaban J connectivity index is 2.58. The van der Waals surface area contributed by atoms with Crippen molar-refractivity contribution < 1.29 is 13.2 Å². The van der Waals surface area contributed by atoms with E-state index in [9.17, 15) is 13.2 Å². The maximum Gasteiger partial charge on any atom is 0.389 e. The van der Waals surface area contributed by atoms with Crippen molar-refractivity contribution in [1.29, 1.82) is 0 Å². The highest BCUT2D eigenvalue weighted by atomic mass is 79.9. The van der Waals surface area contributed by atoms with Crippen LogP contribution in [0.3, 0.4) is 0 Å². The molecule has 0 aliphatic carbocycles. The molecule has 96 valence electrons. The van der Waals surface area contributed by atoms with Gasteiger partial charge in [-0.2, -0.15) is 13.2 Å². The van der Waals surface area contributed by atoms with Gasteiger partial charge in [0.05, 0.1) is 0 Å². The normalized spacial score (nSPS) is 13.8. The van der Waals surface area contributed by atoms with Crippen LogP contribution in [0.5, 0.6) is 0 Å². The van der Waals surface area contributed by atoms with E-state index in [1.165, 1.54) is 0 Å². The zero-order chi connectivity index (χ0) is 13.1. The number of nitrogens with two attached hydrogens (primary N) is 1. The molecule has 1 unspecified atom stereocenters. The van der Waals surface area contributed by atoms with Gasteiger partial charge in [-0.1, -0.05) is 22.0 Å². The summed E-state index contributed by atoms with van der Waals surface area (Å²) in [6, 6.07) is 5.33. The van der Waals surface area contributed by atoms with Crippen molar-refractivity contribution in [3.63, 3.8) is 0 Å². The molecule has 2 N–H and O–H groups in total. The lowest BCUT2D eigenvalue weighted by molar-refractivity contribution is -0.135. The van der Waals surface area contributed by atoms with Crippen LogP contribution in [-0.4, -0.2) is 6.18 Å². The Morgan fingerprint density at radius 2 is 2.00 bits per heavy atom. The molecule has 1 nitrogen and oxygen atoms in total. The molecule has 1 aromatic carbocycles. The Morgan fingerprint density at radius 3 is 2.59 bits per heavy atom. The van der Waals surface area contributed by atoms with E-state index in [0.717, 1.165) is 15.6 Å². The molecule has 0 heterocycles. The molecule has 0 bridgehead atoms. The van der Waals surface area contributed by atoms with Gasteiger partial charge < -0.3 is 5.73 Å². The van der Waals surface area contributed by atoms with Crippen molar-refractivity contribution in [1.82, 2.24) is 0 Å². The van der Waals surface area contributed by atoms with Crippen LogP contribution in [0.1, 0.15) is 36.4 Å². The van der Waals surface area contributed by atoms with Crippen molar-refractivity contribution >= 4 is 15.9 Å². The van der Waals surface area contributed by atoms with Gasteiger partial charge in [0.25, 0.3) is 0 Å². The van der Waals surface area contributed by atoms with Crippen LogP contribution in [0, 0.1) is 6.92 Å². The fraction of sp³-hybridized carbons (Fsp3) is 0.500. The van der Waals surface area contributed by atoms with Gasteiger partial charge in [-0.05, 0) is 43.0 Å². The van der Waals surface area contributed by atoms with Crippen molar-refractivity contribution in [3.8, 4) is 0 Å². The molecular formula is C12H15BrF3N. The third-order valence-corrected chi connectivity index (χ3v) is 3.11. The molecule has 0 aliphatic heterocycles. The minimum Gasteiger partial charge on any atom is -0.324 e. The van der Waals surface area contributed by atoms with Crippen LogP contribution < -0.4 is 5.73 Å². The minimum atomic E-state index is -4.09. The number of hydrogen-bond donors (Lipinski definition) is 1. The summed E-state index contributed by atoms with van der Waals surface area (Å²) in [4.78, 5) is 0. The molecule has 5 heteroatoms. The van der Waals surface area contributed by atoms with E-state index in [-0.39, 0.29) is 12.5 Å². The van der Waals surface area contributed by atoms with Gasteiger partial charge in [-0.15, -0.1) is 0 Å². The van der Waals surface area contributed by atoms with Crippen molar-refractivity contribution in [3.05, 3.63) is 33.8 Å². The number of rotatable bonds is 4. The number of aryl methyl sites for hydroxylation is 1. The van der Waals surface area contributed by atoms with E-state index in [0.29, 0.717) is 6.42 Å². The molecule has 0 aliphatic rings. The first kappa shape index (κ1) is 14.5. The first-order chi connectivity index (χ1) is 7.79. The zero-order valence-corrected chi connectivity index (χ0v) is 11.1. The van der Waals surface area contributed by atoms with Crippen molar-refractivity contribution in [2.24, 2.45) is 5.73 Å². The number of alkyl halides is 3. The van der Waals surface area contributed by atoms with Crippen molar-refractivity contribution in [2.75, 3.05) is 0 Å². The summed E-state index contributed by atoms with van der Waals surface area (Å²) in [6.07, 6.45) is -4.45. The summed E-state index contributed by atoms with van der Waals surface area (Å²) in [6.45, 7) is 1.91. The molecule has 17 heavy (non-hydrogen) atoms. The van der Waals surface area contributed by atoms with E-state index in [4.69, 9.17) is 5.73 Å². The predicted molar refractivity (Wildman–Crippen MR) is 65.7 cm³/mol. The maximum atomic E-state index is 12.0. The SMILES string of the molecule is Cc1ccc(Br)cc1C(N)CCCC(F)(F)F. The summed E-state index contributed by atoms with van der Waals surface area (Å²) in [5, 5.41) is 0. The van der Waals surface area contributed by atoms with Gasteiger partial charge >= 0.3 is 6.18 Å². The summed E-state index contributed by atoms with van der Waals surface area (Å²) < 4.78 is 36.9. The van der Waals surface area contributed by atoms with E-state index in [2.05, 4.69) is 15.9 Å². The fourth-order valence-electron chi connectivity index (χ4n) is 1.69. The smallest absolute Gasteiger partial charge is 0.324 e. The predicted octanol–water partition coefficient (Wildman–Crippen LogP) is 4.49. The summed E-state index contributed by atoms with van der Waals surface area (Å²) in [5.41, 5.74) is 7.82. The molecule has 0 fully saturated rings. The highest BCUT2D eigenvalue weighted by Gasteiger charge is 2.26. The van der Waals surface area contributed by atoms with E-state index in [1.54, 1.807) is 0 Å². The van der Waals surface area contributed by atoms with Gasteiger partial charge in [0.15, 0.2) is 0 Å². The second kappa shape index (κ2) is 5.87. The lowest BCUT2D eigenvalue weighted by atomic mass is 9.98. The van der Waals surface area contributed by atoms with Gasteiger partial charge in [0, 0.05) is 16.9 Å². The topological polar surface area (TPSA) is 26.0 Å². The Hall–Kier alpha value is -0.550. The Labute approximate surface area is 107 Å². The Kier molecular flexibility index (Phi) is 5.01. The lowest BCUT2D eigenvalue weighted by Gasteiger charge is -2.15. The zero-order valence-electron chi connectivity index (χ0n) is 9.52. The van der Waals surface area contributed by atoms with E-state index in [1.807, 2.05) is 25.1 Å². The number of benzene rings is 1. The quantitative estimate of drug-likeness (QED) is 0.871. The molecule has 1 atom stereocenters. The average molecular weight is 310 g/mol.